The molecular weight excluding hydrogens is 536 g/mol. The van der Waals surface area contributed by atoms with Gasteiger partial charge in [0.2, 0.25) is 11.8 Å². The SMILES string of the molecule is CC(C)(C)OC(=O)N1CCC(CC(=O)NCc2ccc(CNC(=O)CC3CCN(C(=O)OC(C)(C)C)CC3)cc2)CC1. The smallest absolute Gasteiger partial charge is 0.410 e. The number of amides is 4. The van der Waals surface area contributed by atoms with Crippen LogP contribution >= 0.6 is 0 Å². The molecule has 1 aromatic rings. The fourth-order valence-corrected chi connectivity index (χ4v) is 5.14. The molecule has 2 heterocycles. The maximum atomic E-state index is 12.5. The third-order valence-electron chi connectivity index (χ3n) is 7.48. The van der Waals surface area contributed by atoms with E-state index in [0.717, 1.165) is 36.8 Å². The van der Waals surface area contributed by atoms with Gasteiger partial charge in [0.1, 0.15) is 11.2 Å². The van der Waals surface area contributed by atoms with Crippen LogP contribution in [0, 0.1) is 11.8 Å². The summed E-state index contributed by atoms with van der Waals surface area (Å²) in [5, 5.41) is 6.00. The summed E-state index contributed by atoms with van der Waals surface area (Å²) in [4.78, 5) is 52.9. The van der Waals surface area contributed by atoms with Crippen LogP contribution in [0.15, 0.2) is 24.3 Å². The van der Waals surface area contributed by atoms with E-state index < -0.39 is 11.2 Å². The second-order valence-electron chi connectivity index (χ2n) is 13.6. The highest BCUT2D eigenvalue weighted by Crippen LogP contribution is 2.23. The fourth-order valence-electron chi connectivity index (χ4n) is 5.14. The minimum Gasteiger partial charge on any atom is -0.444 e. The Balaban J connectivity index is 1.29. The van der Waals surface area contributed by atoms with Crippen molar-refractivity contribution in [1.82, 2.24) is 20.4 Å². The first kappa shape index (κ1) is 33.2. The van der Waals surface area contributed by atoms with E-state index in [4.69, 9.17) is 9.47 Å². The average Bonchev–Trinajstić information content (AvgIpc) is 2.90. The maximum Gasteiger partial charge on any atom is 0.410 e. The maximum absolute atomic E-state index is 12.5. The number of nitrogens with zero attached hydrogens (tertiary/aromatic N) is 2. The predicted octanol–water partition coefficient (Wildman–Crippen LogP) is 4.99. The standard InChI is InChI=1S/C32H50N4O6/c1-31(2,3)41-29(39)35-15-11-23(12-16-35)19-27(37)33-21-25-7-9-26(10-8-25)22-34-28(38)20-24-13-17-36(18-14-24)30(40)42-32(4,5)6/h7-10,23-24H,11-22H2,1-6H3,(H,33,37)(H,34,38). The zero-order chi connectivity index (χ0) is 30.9. The van der Waals surface area contributed by atoms with Gasteiger partial charge in [0.05, 0.1) is 0 Å². The van der Waals surface area contributed by atoms with E-state index in [9.17, 15) is 19.2 Å². The lowest BCUT2D eigenvalue weighted by atomic mass is 9.93. The Morgan fingerprint density at radius 1 is 0.643 bits per heavy atom. The van der Waals surface area contributed by atoms with Crippen molar-refractivity contribution in [2.75, 3.05) is 26.2 Å². The second-order valence-corrected chi connectivity index (χ2v) is 13.6. The number of carbonyl (C=O) groups is 4. The van der Waals surface area contributed by atoms with Crippen LogP contribution in [0.2, 0.25) is 0 Å². The van der Waals surface area contributed by atoms with Crippen molar-refractivity contribution >= 4 is 24.0 Å². The Hall–Kier alpha value is -3.30. The Morgan fingerprint density at radius 2 is 0.952 bits per heavy atom. The largest absolute Gasteiger partial charge is 0.444 e. The first-order valence-corrected chi connectivity index (χ1v) is 15.2. The highest BCUT2D eigenvalue weighted by molar-refractivity contribution is 5.77. The first-order valence-electron chi connectivity index (χ1n) is 15.2. The van der Waals surface area contributed by atoms with Crippen molar-refractivity contribution < 1.29 is 28.7 Å². The molecule has 0 saturated carbocycles. The molecule has 0 bridgehead atoms. The van der Waals surface area contributed by atoms with Crippen molar-refractivity contribution in [1.29, 1.82) is 0 Å². The summed E-state index contributed by atoms with van der Waals surface area (Å²) in [7, 11) is 0. The summed E-state index contributed by atoms with van der Waals surface area (Å²) >= 11 is 0. The highest BCUT2D eigenvalue weighted by atomic mass is 16.6. The number of nitrogens with one attached hydrogen (secondary N) is 2. The second kappa shape index (κ2) is 14.7. The van der Waals surface area contributed by atoms with Crippen LogP contribution in [0.3, 0.4) is 0 Å². The highest BCUT2D eigenvalue weighted by Gasteiger charge is 2.29. The molecule has 234 valence electrons. The van der Waals surface area contributed by atoms with Gasteiger partial charge in [-0.2, -0.15) is 0 Å². The molecule has 2 aliphatic heterocycles. The zero-order valence-electron chi connectivity index (χ0n) is 26.3. The van der Waals surface area contributed by atoms with Crippen molar-refractivity contribution in [2.24, 2.45) is 11.8 Å². The lowest BCUT2D eigenvalue weighted by Crippen LogP contribution is -2.42. The van der Waals surface area contributed by atoms with Crippen LogP contribution < -0.4 is 10.6 Å². The third kappa shape index (κ3) is 11.9. The van der Waals surface area contributed by atoms with Crippen LogP contribution in [-0.2, 0) is 32.2 Å². The Kier molecular flexibility index (Phi) is 11.7. The van der Waals surface area contributed by atoms with E-state index >= 15 is 0 Å². The molecule has 2 saturated heterocycles. The lowest BCUT2D eigenvalue weighted by Gasteiger charge is -2.33. The summed E-state index contributed by atoms with van der Waals surface area (Å²) in [5.74, 6) is 0.539. The number of piperidine rings is 2. The van der Waals surface area contributed by atoms with E-state index in [1.165, 1.54) is 0 Å². The molecular formula is C32H50N4O6. The van der Waals surface area contributed by atoms with Crippen molar-refractivity contribution in [3.63, 3.8) is 0 Å². The molecule has 10 heteroatoms. The van der Waals surface area contributed by atoms with Gasteiger partial charge in [-0.25, -0.2) is 9.59 Å². The van der Waals surface area contributed by atoms with Gasteiger partial charge in [-0.1, -0.05) is 24.3 Å². The molecule has 1 aromatic carbocycles. The van der Waals surface area contributed by atoms with Gasteiger partial charge in [0, 0.05) is 52.1 Å². The van der Waals surface area contributed by atoms with E-state index in [1.807, 2.05) is 65.8 Å². The fraction of sp³-hybridized carbons (Fsp3) is 0.688. The Bertz CT molecular complexity index is 975. The predicted molar refractivity (Wildman–Crippen MR) is 160 cm³/mol. The van der Waals surface area contributed by atoms with Gasteiger partial charge in [-0.05, 0) is 90.2 Å². The minimum absolute atomic E-state index is 0.0129. The number of hydrogen-bond acceptors (Lipinski definition) is 6. The molecule has 0 spiro atoms. The van der Waals surface area contributed by atoms with Crippen LogP contribution in [-0.4, -0.2) is 71.2 Å². The summed E-state index contributed by atoms with van der Waals surface area (Å²) < 4.78 is 10.9. The number of benzene rings is 1. The van der Waals surface area contributed by atoms with E-state index in [2.05, 4.69) is 10.6 Å². The molecule has 2 fully saturated rings. The normalized spacial score (nSPS) is 17.0. The molecule has 0 aromatic heterocycles. The molecule has 0 radical (unpaired) electrons. The summed E-state index contributed by atoms with van der Waals surface area (Å²) in [6.45, 7) is 14.5. The number of rotatable bonds is 8. The number of hydrogen-bond donors (Lipinski definition) is 2. The molecule has 0 aliphatic carbocycles. The molecule has 2 aliphatic rings. The van der Waals surface area contributed by atoms with Gasteiger partial charge >= 0.3 is 12.2 Å². The topological polar surface area (TPSA) is 117 Å². The van der Waals surface area contributed by atoms with E-state index in [0.29, 0.717) is 52.1 Å². The van der Waals surface area contributed by atoms with Gasteiger partial charge < -0.3 is 29.9 Å². The van der Waals surface area contributed by atoms with Gasteiger partial charge in [0.25, 0.3) is 0 Å². The third-order valence-corrected chi connectivity index (χ3v) is 7.48. The van der Waals surface area contributed by atoms with Crippen LogP contribution in [0.25, 0.3) is 0 Å². The molecule has 0 unspecified atom stereocenters. The van der Waals surface area contributed by atoms with Crippen molar-refractivity contribution in [2.45, 2.75) is 104 Å². The molecule has 2 N–H and O–H groups in total. The van der Waals surface area contributed by atoms with Crippen LogP contribution in [0.5, 0.6) is 0 Å². The van der Waals surface area contributed by atoms with Gasteiger partial charge in [-0.3, -0.25) is 9.59 Å². The molecule has 0 atom stereocenters. The molecule has 3 rings (SSSR count). The molecule has 10 nitrogen and oxygen atoms in total. The summed E-state index contributed by atoms with van der Waals surface area (Å²) in [5.41, 5.74) is 0.972. The Morgan fingerprint density at radius 3 is 1.24 bits per heavy atom. The number of ether oxygens (including phenoxy) is 2. The van der Waals surface area contributed by atoms with E-state index in [-0.39, 0.29) is 35.8 Å². The molecule has 42 heavy (non-hydrogen) atoms. The van der Waals surface area contributed by atoms with Crippen molar-refractivity contribution in [3.8, 4) is 0 Å². The number of likely N-dealkylation sites (tertiary alicyclic amines) is 2. The number of carbonyl (C=O) groups excluding carboxylic acids is 4. The monoisotopic (exact) mass is 586 g/mol. The summed E-state index contributed by atoms with van der Waals surface area (Å²) in [6.07, 6.45) is 3.49. The van der Waals surface area contributed by atoms with Crippen molar-refractivity contribution in [3.05, 3.63) is 35.4 Å². The lowest BCUT2D eigenvalue weighted by molar-refractivity contribution is -0.123. The van der Waals surface area contributed by atoms with Crippen LogP contribution in [0.1, 0.15) is 91.2 Å². The first-order chi connectivity index (χ1) is 19.7. The quantitative estimate of drug-likeness (QED) is 0.443. The Labute approximate surface area is 250 Å². The van der Waals surface area contributed by atoms with E-state index in [1.54, 1.807) is 9.80 Å². The minimum atomic E-state index is -0.509. The average molecular weight is 587 g/mol. The molecule has 4 amide bonds. The van der Waals surface area contributed by atoms with Crippen LogP contribution in [0.4, 0.5) is 9.59 Å². The zero-order valence-corrected chi connectivity index (χ0v) is 26.3. The summed E-state index contributed by atoms with van der Waals surface area (Å²) in [6, 6.07) is 7.86. The van der Waals surface area contributed by atoms with Gasteiger partial charge in [-0.15, -0.1) is 0 Å². The van der Waals surface area contributed by atoms with Gasteiger partial charge in [0.15, 0.2) is 0 Å².